The van der Waals surface area contributed by atoms with Gasteiger partial charge in [-0.05, 0) is 12.8 Å². The van der Waals surface area contributed by atoms with Gasteiger partial charge in [-0.1, -0.05) is 13.3 Å². The highest BCUT2D eigenvalue weighted by Gasteiger charge is 2.05. The summed E-state index contributed by atoms with van der Waals surface area (Å²) in [6, 6.07) is 0.181. The molecule has 0 saturated carbocycles. The maximum absolute atomic E-state index is 8.90. The molecule has 0 radical (unpaired) electrons. The first kappa shape index (κ1) is 20.8. The predicted molar refractivity (Wildman–Crippen MR) is 82.7 cm³/mol. The number of nitrogens with one attached hydrogen (secondary N) is 1. The normalized spacial score (nSPS) is 12.7. The maximum Gasteiger partial charge on any atom is 0.0701 e. The molecule has 0 aromatic carbocycles. The van der Waals surface area contributed by atoms with Crippen LogP contribution in [0, 0.1) is 0 Å². The van der Waals surface area contributed by atoms with Crippen LogP contribution in [0.2, 0.25) is 0 Å². The van der Waals surface area contributed by atoms with Crippen molar-refractivity contribution in [1.29, 1.82) is 0 Å². The van der Waals surface area contributed by atoms with E-state index < -0.39 is 0 Å². The van der Waals surface area contributed by atoms with Crippen LogP contribution in [0.25, 0.3) is 0 Å². The second-order valence-corrected chi connectivity index (χ2v) is 4.81. The van der Waals surface area contributed by atoms with Gasteiger partial charge in [0.25, 0.3) is 0 Å². The Hall–Kier alpha value is -0.240. The maximum atomic E-state index is 8.90. The topological polar surface area (TPSA) is 69.2 Å². The molecular weight excluding hydrogens is 274 g/mol. The predicted octanol–water partition coefficient (Wildman–Crippen LogP) is 0.823. The lowest BCUT2D eigenvalue weighted by molar-refractivity contribution is 0.0139. The first-order valence-corrected chi connectivity index (χ1v) is 7.91. The summed E-state index contributed by atoms with van der Waals surface area (Å²) in [5.41, 5.74) is 0. The van der Waals surface area contributed by atoms with Crippen molar-refractivity contribution >= 4 is 0 Å². The van der Waals surface area contributed by atoms with Gasteiger partial charge < -0.3 is 29.4 Å². The average Bonchev–Trinajstić information content (AvgIpc) is 2.48. The second kappa shape index (κ2) is 17.8. The van der Waals surface area contributed by atoms with Gasteiger partial charge in [0.15, 0.2) is 0 Å². The quantitative estimate of drug-likeness (QED) is 0.388. The molecule has 0 amide bonds. The summed E-state index contributed by atoms with van der Waals surface area (Å²) < 4.78 is 21.3. The van der Waals surface area contributed by atoms with Crippen LogP contribution in [0.1, 0.15) is 26.2 Å². The summed E-state index contributed by atoms with van der Waals surface area (Å²) >= 11 is 0. The minimum absolute atomic E-state index is 0.163. The van der Waals surface area contributed by atoms with Crippen LogP contribution >= 0.6 is 0 Å². The molecule has 0 rings (SSSR count). The lowest BCUT2D eigenvalue weighted by atomic mass is 10.2. The number of rotatable bonds is 17. The number of hydrogen-bond donors (Lipinski definition) is 2. The van der Waals surface area contributed by atoms with E-state index in [1.807, 2.05) is 0 Å². The van der Waals surface area contributed by atoms with E-state index in [2.05, 4.69) is 12.2 Å². The van der Waals surface area contributed by atoms with Crippen molar-refractivity contribution in [2.24, 2.45) is 0 Å². The molecule has 0 aromatic heterocycles. The van der Waals surface area contributed by atoms with Gasteiger partial charge in [0.1, 0.15) is 0 Å². The van der Waals surface area contributed by atoms with Crippen LogP contribution in [0.4, 0.5) is 0 Å². The van der Waals surface area contributed by atoms with Gasteiger partial charge >= 0.3 is 0 Å². The van der Waals surface area contributed by atoms with Gasteiger partial charge in [0.2, 0.25) is 0 Å². The summed E-state index contributed by atoms with van der Waals surface area (Å²) in [4.78, 5) is 0. The number of methoxy groups -OCH3 is 1. The van der Waals surface area contributed by atoms with Crippen molar-refractivity contribution in [2.75, 3.05) is 66.5 Å². The van der Waals surface area contributed by atoms with Crippen LogP contribution in [-0.2, 0) is 18.9 Å². The highest BCUT2D eigenvalue weighted by Crippen LogP contribution is 1.91. The van der Waals surface area contributed by atoms with E-state index in [1.54, 1.807) is 7.11 Å². The summed E-state index contributed by atoms with van der Waals surface area (Å²) in [6.45, 7) is 7.56. The van der Waals surface area contributed by atoms with E-state index in [-0.39, 0.29) is 12.6 Å². The smallest absolute Gasteiger partial charge is 0.0701 e. The Morgan fingerprint density at radius 2 is 1.57 bits per heavy atom. The van der Waals surface area contributed by atoms with E-state index in [0.717, 1.165) is 26.0 Å². The number of unbranched alkanes of at least 4 members (excludes halogenated alkanes) is 1. The lowest BCUT2D eigenvalue weighted by Gasteiger charge is -2.16. The Kier molecular flexibility index (Phi) is 17.6. The molecule has 2 N–H and O–H groups in total. The molecule has 0 spiro atoms. The van der Waals surface area contributed by atoms with Crippen molar-refractivity contribution in [2.45, 2.75) is 32.2 Å². The minimum atomic E-state index is 0.163. The molecule has 6 heteroatoms. The van der Waals surface area contributed by atoms with Gasteiger partial charge in [-0.2, -0.15) is 0 Å². The first-order chi connectivity index (χ1) is 10.3. The summed E-state index contributed by atoms with van der Waals surface area (Å²) in [5.74, 6) is 0. The standard InChI is InChI=1S/C15H33NO5/c1-3-4-8-19-10-12-21-13-11-20-9-6-16-15(5-7-17)14-18-2/h15-17H,3-14H2,1-2H3. The van der Waals surface area contributed by atoms with E-state index in [9.17, 15) is 0 Å². The first-order valence-electron chi connectivity index (χ1n) is 7.91. The molecule has 0 saturated heterocycles. The molecule has 1 atom stereocenters. The number of aliphatic hydroxyl groups excluding tert-OH is 1. The van der Waals surface area contributed by atoms with Gasteiger partial charge in [-0.3, -0.25) is 0 Å². The summed E-state index contributed by atoms with van der Waals surface area (Å²) in [5, 5.41) is 12.2. The van der Waals surface area contributed by atoms with Crippen LogP contribution in [0.15, 0.2) is 0 Å². The van der Waals surface area contributed by atoms with E-state index in [0.29, 0.717) is 46.1 Å². The van der Waals surface area contributed by atoms with Crippen LogP contribution in [0.5, 0.6) is 0 Å². The zero-order valence-electron chi connectivity index (χ0n) is 13.6. The SMILES string of the molecule is CCCCOCCOCCOCCNC(CCO)COC. The summed E-state index contributed by atoms with van der Waals surface area (Å²) in [7, 11) is 1.66. The summed E-state index contributed by atoms with van der Waals surface area (Å²) in [6.07, 6.45) is 2.96. The Balaban J connectivity index is 3.17. The van der Waals surface area contributed by atoms with Crippen LogP contribution in [-0.4, -0.2) is 77.7 Å². The third-order valence-corrected chi connectivity index (χ3v) is 2.91. The number of ether oxygens (including phenoxy) is 4. The van der Waals surface area contributed by atoms with Crippen molar-refractivity contribution in [3.8, 4) is 0 Å². The molecular formula is C15H33NO5. The van der Waals surface area contributed by atoms with Crippen LogP contribution in [0.3, 0.4) is 0 Å². The van der Waals surface area contributed by atoms with Crippen molar-refractivity contribution in [3.05, 3.63) is 0 Å². The fourth-order valence-corrected chi connectivity index (χ4v) is 1.72. The van der Waals surface area contributed by atoms with Gasteiger partial charge in [-0.25, -0.2) is 0 Å². The molecule has 0 aliphatic heterocycles. The minimum Gasteiger partial charge on any atom is -0.396 e. The molecule has 6 nitrogen and oxygen atoms in total. The van der Waals surface area contributed by atoms with Gasteiger partial charge in [-0.15, -0.1) is 0 Å². The lowest BCUT2D eigenvalue weighted by Crippen LogP contribution is -2.36. The van der Waals surface area contributed by atoms with E-state index in [4.69, 9.17) is 24.1 Å². The van der Waals surface area contributed by atoms with Gasteiger partial charge in [0, 0.05) is 32.9 Å². The zero-order valence-corrected chi connectivity index (χ0v) is 13.6. The second-order valence-electron chi connectivity index (χ2n) is 4.81. The highest BCUT2D eigenvalue weighted by molar-refractivity contribution is 4.64. The molecule has 0 aromatic rings. The number of aliphatic hydroxyl groups is 1. The molecule has 128 valence electrons. The number of hydrogen-bond acceptors (Lipinski definition) is 6. The Bertz CT molecular complexity index is 189. The van der Waals surface area contributed by atoms with E-state index >= 15 is 0 Å². The molecule has 21 heavy (non-hydrogen) atoms. The fraction of sp³-hybridized carbons (Fsp3) is 1.00. The highest BCUT2D eigenvalue weighted by atomic mass is 16.5. The molecule has 0 fully saturated rings. The fourth-order valence-electron chi connectivity index (χ4n) is 1.72. The molecule has 0 aliphatic rings. The average molecular weight is 307 g/mol. The Morgan fingerprint density at radius 3 is 2.14 bits per heavy atom. The third-order valence-electron chi connectivity index (χ3n) is 2.91. The molecule has 0 heterocycles. The van der Waals surface area contributed by atoms with Gasteiger partial charge in [0.05, 0.1) is 39.6 Å². The molecule has 0 bridgehead atoms. The zero-order chi connectivity index (χ0) is 15.6. The van der Waals surface area contributed by atoms with Crippen molar-refractivity contribution < 1.29 is 24.1 Å². The Labute approximate surface area is 129 Å². The van der Waals surface area contributed by atoms with Crippen molar-refractivity contribution in [1.82, 2.24) is 5.32 Å². The van der Waals surface area contributed by atoms with Crippen molar-refractivity contribution in [3.63, 3.8) is 0 Å². The third kappa shape index (κ3) is 16.0. The van der Waals surface area contributed by atoms with Crippen LogP contribution < -0.4 is 5.32 Å². The van der Waals surface area contributed by atoms with E-state index in [1.165, 1.54) is 0 Å². The molecule has 0 aliphatic carbocycles. The Morgan fingerprint density at radius 1 is 0.952 bits per heavy atom. The largest absolute Gasteiger partial charge is 0.396 e. The monoisotopic (exact) mass is 307 g/mol. The molecule has 1 unspecified atom stereocenters.